The summed E-state index contributed by atoms with van der Waals surface area (Å²) in [5, 5.41) is 10.7. The van der Waals surface area contributed by atoms with Gasteiger partial charge in [0.25, 0.3) is 5.69 Å². The predicted molar refractivity (Wildman–Crippen MR) is 79.5 cm³/mol. The third-order valence-corrected chi connectivity index (χ3v) is 3.49. The Morgan fingerprint density at radius 3 is 2.81 bits per heavy atom. The van der Waals surface area contributed by atoms with Gasteiger partial charge in [-0.2, -0.15) is 0 Å². The second-order valence-corrected chi connectivity index (χ2v) is 5.15. The van der Waals surface area contributed by atoms with Gasteiger partial charge in [-0.25, -0.2) is 0 Å². The molecule has 0 aliphatic carbocycles. The molecule has 2 N–H and O–H groups in total. The highest BCUT2D eigenvalue weighted by Gasteiger charge is 2.14. The quantitative estimate of drug-likeness (QED) is 0.487. The maximum atomic E-state index is 10.7. The lowest BCUT2D eigenvalue weighted by atomic mass is 10.2. The summed E-state index contributed by atoms with van der Waals surface area (Å²) in [5.41, 5.74) is 6.06. The molecular formula is C14H21N3O4. The largest absolute Gasteiger partial charge is 0.489 e. The number of nitrogen functional groups attached to an aromatic ring is 1. The minimum absolute atomic E-state index is 0.00315. The van der Waals surface area contributed by atoms with Crippen molar-refractivity contribution in [1.29, 1.82) is 0 Å². The lowest BCUT2D eigenvalue weighted by molar-refractivity contribution is -0.384. The van der Waals surface area contributed by atoms with Crippen LogP contribution in [0.4, 0.5) is 11.4 Å². The van der Waals surface area contributed by atoms with Crippen LogP contribution < -0.4 is 10.5 Å². The maximum Gasteiger partial charge on any atom is 0.271 e. The molecule has 0 amide bonds. The molecule has 1 unspecified atom stereocenters. The first-order valence-electron chi connectivity index (χ1n) is 7.07. The second-order valence-electron chi connectivity index (χ2n) is 5.15. The third kappa shape index (κ3) is 4.57. The summed E-state index contributed by atoms with van der Waals surface area (Å²) in [5.74, 6) is 0.495. The fourth-order valence-electron chi connectivity index (χ4n) is 2.22. The molecule has 116 valence electrons. The third-order valence-electron chi connectivity index (χ3n) is 3.49. The summed E-state index contributed by atoms with van der Waals surface area (Å²) in [6, 6.07) is 4.28. The Hall–Kier alpha value is -1.86. The number of nitrogens with two attached hydrogens (primary N) is 1. The Kier molecular flexibility index (Phi) is 5.35. The molecule has 0 radical (unpaired) electrons. The maximum absolute atomic E-state index is 10.7. The SMILES string of the molecule is CC(CCN1CCOCC1)Oc1ccc([N+](=O)[O-])cc1N. The average molecular weight is 295 g/mol. The molecule has 1 aromatic rings. The van der Waals surface area contributed by atoms with Crippen molar-refractivity contribution in [2.24, 2.45) is 0 Å². The lowest BCUT2D eigenvalue weighted by Crippen LogP contribution is -2.38. The van der Waals surface area contributed by atoms with Crippen LogP contribution in [0.25, 0.3) is 0 Å². The Labute approximate surface area is 123 Å². The summed E-state index contributed by atoms with van der Waals surface area (Å²) >= 11 is 0. The fourth-order valence-corrected chi connectivity index (χ4v) is 2.22. The number of hydrogen-bond acceptors (Lipinski definition) is 6. The number of nitro groups is 1. The highest BCUT2D eigenvalue weighted by Crippen LogP contribution is 2.27. The van der Waals surface area contributed by atoms with Crippen LogP contribution in [0.1, 0.15) is 13.3 Å². The van der Waals surface area contributed by atoms with Gasteiger partial charge in [-0.05, 0) is 19.4 Å². The normalized spacial score (nSPS) is 17.4. The van der Waals surface area contributed by atoms with Crippen molar-refractivity contribution in [3.8, 4) is 5.75 Å². The summed E-state index contributed by atoms with van der Waals surface area (Å²) in [4.78, 5) is 12.5. The topological polar surface area (TPSA) is 90.9 Å². The molecule has 1 aliphatic rings. The van der Waals surface area contributed by atoms with Gasteiger partial charge in [-0.1, -0.05) is 0 Å². The summed E-state index contributed by atoms with van der Waals surface area (Å²) in [6.07, 6.45) is 0.868. The van der Waals surface area contributed by atoms with E-state index in [1.54, 1.807) is 6.07 Å². The molecule has 2 rings (SSSR count). The predicted octanol–water partition coefficient (Wildman–Crippen LogP) is 1.67. The number of nitrogens with zero attached hydrogens (tertiary/aromatic N) is 2. The van der Waals surface area contributed by atoms with Gasteiger partial charge in [0, 0.05) is 31.8 Å². The molecule has 1 fully saturated rings. The number of non-ortho nitro benzene ring substituents is 1. The number of ether oxygens (including phenoxy) is 2. The van der Waals surface area contributed by atoms with E-state index in [1.807, 2.05) is 6.92 Å². The first-order chi connectivity index (χ1) is 10.1. The van der Waals surface area contributed by atoms with E-state index in [-0.39, 0.29) is 11.8 Å². The molecule has 1 heterocycles. The van der Waals surface area contributed by atoms with Crippen molar-refractivity contribution in [2.45, 2.75) is 19.4 Å². The van der Waals surface area contributed by atoms with E-state index in [4.69, 9.17) is 15.2 Å². The fraction of sp³-hybridized carbons (Fsp3) is 0.571. The zero-order valence-electron chi connectivity index (χ0n) is 12.2. The van der Waals surface area contributed by atoms with Crippen molar-refractivity contribution in [3.05, 3.63) is 28.3 Å². The van der Waals surface area contributed by atoms with Crippen LogP contribution in [0, 0.1) is 10.1 Å². The van der Waals surface area contributed by atoms with E-state index in [2.05, 4.69) is 4.90 Å². The molecule has 1 aromatic carbocycles. The van der Waals surface area contributed by atoms with Gasteiger partial charge in [0.2, 0.25) is 0 Å². The van der Waals surface area contributed by atoms with Crippen molar-refractivity contribution < 1.29 is 14.4 Å². The second kappa shape index (κ2) is 7.24. The van der Waals surface area contributed by atoms with Crippen molar-refractivity contribution in [1.82, 2.24) is 4.90 Å². The molecule has 0 aromatic heterocycles. The first kappa shape index (κ1) is 15.5. The highest BCUT2D eigenvalue weighted by molar-refractivity contribution is 5.58. The van der Waals surface area contributed by atoms with Crippen LogP contribution in [0.15, 0.2) is 18.2 Å². The van der Waals surface area contributed by atoms with Gasteiger partial charge in [0.1, 0.15) is 5.75 Å². The summed E-state index contributed by atoms with van der Waals surface area (Å²) in [6.45, 7) is 6.38. The van der Waals surface area contributed by atoms with Gasteiger partial charge in [-0.3, -0.25) is 15.0 Å². The van der Waals surface area contributed by atoms with E-state index >= 15 is 0 Å². The minimum Gasteiger partial charge on any atom is -0.489 e. The van der Waals surface area contributed by atoms with E-state index in [0.717, 1.165) is 39.3 Å². The molecule has 21 heavy (non-hydrogen) atoms. The molecule has 0 spiro atoms. The van der Waals surface area contributed by atoms with E-state index in [1.165, 1.54) is 12.1 Å². The Morgan fingerprint density at radius 1 is 1.48 bits per heavy atom. The monoisotopic (exact) mass is 295 g/mol. The summed E-state index contributed by atoms with van der Waals surface area (Å²) < 4.78 is 11.1. The van der Waals surface area contributed by atoms with Crippen LogP contribution in [-0.4, -0.2) is 48.8 Å². The Balaban J connectivity index is 1.84. The Morgan fingerprint density at radius 2 is 2.19 bits per heavy atom. The highest BCUT2D eigenvalue weighted by atomic mass is 16.6. The molecular weight excluding hydrogens is 274 g/mol. The van der Waals surface area contributed by atoms with Crippen molar-refractivity contribution in [2.75, 3.05) is 38.6 Å². The number of nitro benzene ring substituents is 1. The van der Waals surface area contributed by atoms with Crippen LogP contribution in [0.2, 0.25) is 0 Å². The van der Waals surface area contributed by atoms with Gasteiger partial charge < -0.3 is 15.2 Å². The van der Waals surface area contributed by atoms with Crippen molar-refractivity contribution in [3.63, 3.8) is 0 Å². The zero-order chi connectivity index (χ0) is 15.2. The van der Waals surface area contributed by atoms with Gasteiger partial charge in [0.15, 0.2) is 0 Å². The van der Waals surface area contributed by atoms with E-state index in [9.17, 15) is 10.1 Å². The molecule has 0 bridgehead atoms. The average Bonchev–Trinajstić information content (AvgIpc) is 2.48. The molecule has 7 nitrogen and oxygen atoms in total. The Bertz CT molecular complexity index is 489. The molecule has 1 saturated heterocycles. The summed E-state index contributed by atoms with van der Waals surface area (Å²) in [7, 11) is 0. The smallest absolute Gasteiger partial charge is 0.271 e. The van der Waals surface area contributed by atoms with Gasteiger partial charge in [-0.15, -0.1) is 0 Å². The van der Waals surface area contributed by atoms with E-state index < -0.39 is 4.92 Å². The molecule has 0 saturated carbocycles. The van der Waals surface area contributed by atoms with Gasteiger partial charge in [0.05, 0.1) is 29.9 Å². The van der Waals surface area contributed by atoms with Crippen LogP contribution >= 0.6 is 0 Å². The number of morpholine rings is 1. The first-order valence-corrected chi connectivity index (χ1v) is 7.07. The number of rotatable bonds is 6. The molecule has 1 atom stereocenters. The standard InChI is InChI=1S/C14H21N3O4/c1-11(4-5-16-6-8-20-9-7-16)21-14-3-2-12(17(18)19)10-13(14)15/h2-3,10-11H,4-9,15H2,1H3. The van der Waals surface area contributed by atoms with E-state index in [0.29, 0.717) is 11.4 Å². The van der Waals surface area contributed by atoms with Gasteiger partial charge >= 0.3 is 0 Å². The minimum atomic E-state index is -0.470. The van der Waals surface area contributed by atoms with Crippen LogP contribution in [-0.2, 0) is 4.74 Å². The molecule has 1 aliphatic heterocycles. The lowest BCUT2D eigenvalue weighted by Gasteiger charge is -2.27. The van der Waals surface area contributed by atoms with Crippen LogP contribution in [0.5, 0.6) is 5.75 Å². The number of hydrogen-bond donors (Lipinski definition) is 1. The number of anilines is 1. The molecule has 7 heteroatoms. The zero-order valence-corrected chi connectivity index (χ0v) is 12.2. The van der Waals surface area contributed by atoms with Crippen molar-refractivity contribution >= 4 is 11.4 Å². The van der Waals surface area contributed by atoms with Crippen LogP contribution in [0.3, 0.4) is 0 Å². The number of benzene rings is 1.